The van der Waals surface area contributed by atoms with E-state index in [4.69, 9.17) is 13.6 Å². The fourth-order valence-electron chi connectivity index (χ4n) is 1.23. The zero-order chi connectivity index (χ0) is 10.1. The molecule has 3 aromatic heterocycles. The lowest BCUT2D eigenvalue weighted by Crippen LogP contribution is -2.04. The molecule has 7 heteroatoms. The van der Waals surface area contributed by atoms with Crippen LogP contribution in [0.2, 0.25) is 0 Å². The molecule has 3 heterocycles. The van der Waals surface area contributed by atoms with Crippen LogP contribution in [0.5, 0.6) is 0 Å². The molecule has 7 nitrogen and oxygen atoms in total. The van der Waals surface area contributed by atoms with Gasteiger partial charge in [0.05, 0.1) is 6.20 Å². The summed E-state index contributed by atoms with van der Waals surface area (Å²) in [6.45, 7) is 0. The SMILES string of the molecule is c1cc(-c2[nH+]noc2-c2ccon2)on1. The van der Waals surface area contributed by atoms with Gasteiger partial charge in [-0.15, -0.1) is 0 Å². The second-order valence-corrected chi connectivity index (χ2v) is 2.76. The van der Waals surface area contributed by atoms with Crippen LogP contribution < -0.4 is 5.10 Å². The molecule has 3 rings (SSSR count). The van der Waals surface area contributed by atoms with Crippen molar-refractivity contribution >= 4 is 0 Å². The molecule has 0 aliphatic heterocycles. The lowest BCUT2D eigenvalue weighted by atomic mass is 10.2. The van der Waals surface area contributed by atoms with E-state index in [0.29, 0.717) is 22.9 Å². The standard InChI is InChI=1S/C8H4N4O3/c1-3-9-14-6(1)7-8(15-12-10-7)5-2-4-13-11-5/h1-4H/p+1. The third kappa shape index (κ3) is 1.21. The zero-order valence-corrected chi connectivity index (χ0v) is 7.38. The normalized spacial score (nSPS) is 10.7. The Morgan fingerprint density at radius 3 is 2.93 bits per heavy atom. The molecule has 0 aromatic carbocycles. The van der Waals surface area contributed by atoms with E-state index in [1.54, 1.807) is 12.1 Å². The van der Waals surface area contributed by atoms with Gasteiger partial charge >= 0.3 is 5.69 Å². The molecular formula is C8H5N4O3+. The number of rotatable bonds is 2. The topological polar surface area (TPSA) is 92.2 Å². The van der Waals surface area contributed by atoms with Gasteiger partial charge in [0.25, 0.3) is 5.76 Å². The third-order valence-electron chi connectivity index (χ3n) is 1.88. The fourth-order valence-corrected chi connectivity index (χ4v) is 1.23. The van der Waals surface area contributed by atoms with Gasteiger partial charge in [-0.25, -0.2) is 0 Å². The molecule has 0 radical (unpaired) electrons. The van der Waals surface area contributed by atoms with Crippen LogP contribution >= 0.6 is 0 Å². The first kappa shape index (κ1) is 7.92. The highest BCUT2D eigenvalue weighted by Crippen LogP contribution is 2.26. The minimum Gasteiger partial charge on any atom is -0.364 e. The first-order valence-electron chi connectivity index (χ1n) is 4.14. The van der Waals surface area contributed by atoms with E-state index in [0.717, 1.165) is 0 Å². The highest BCUT2D eigenvalue weighted by atomic mass is 16.5. The van der Waals surface area contributed by atoms with Crippen LogP contribution in [-0.2, 0) is 0 Å². The van der Waals surface area contributed by atoms with Gasteiger partial charge < -0.3 is 9.05 Å². The Kier molecular flexibility index (Phi) is 1.61. The molecule has 1 N–H and O–H groups in total. The largest absolute Gasteiger partial charge is 0.364 e. The summed E-state index contributed by atoms with van der Waals surface area (Å²) in [7, 11) is 0. The Morgan fingerprint density at radius 2 is 2.20 bits per heavy atom. The van der Waals surface area contributed by atoms with E-state index in [1.165, 1.54) is 12.5 Å². The van der Waals surface area contributed by atoms with Crippen LogP contribution in [0.1, 0.15) is 0 Å². The van der Waals surface area contributed by atoms with Crippen LogP contribution in [-0.4, -0.2) is 15.6 Å². The molecule has 0 spiro atoms. The predicted octanol–water partition coefficient (Wildman–Crippen LogP) is 0.799. The molecule has 74 valence electrons. The number of H-pyrrole nitrogens is 1. The van der Waals surface area contributed by atoms with E-state index in [-0.39, 0.29) is 0 Å². The smallest absolute Gasteiger partial charge is 0.325 e. The van der Waals surface area contributed by atoms with Crippen molar-refractivity contribution in [1.29, 1.82) is 0 Å². The molecule has 0 aliphatic rings. The van der Waals surface area contributed by atoms with Crippen molar-refractivity contribution in [2.45, 2.75) is 0 Å². The summed E-state index contributed by atoms with van der Waals surface area (Å²) >= 11 is 0. The molecule has 0 amide bonds. The predicted molar refractivity (Wildman–Crippen MR) is 44.1 cm³/mol. The van der Waals surface area contributed by atoms with E-state index >= 15 is 0 Å². The van der Waals surface area contributed by atoms with E-state index in [2.05, 4.69) is 20.7 Å². The minimum atomic E-state index is 0.445. The van der Waals surface area contributed by atoms with Crippen molar-refractivity contribution < 1.29 is 18.7 Å². The monoisotopic (exact) mass is 205 g/mol. The lowest BCUT2D eigenvalue weighted by molar-refractivity contribution is -0.461. The average molecular weight is 205 g/mol. The highest BCUT2D eigenvalue weighted by molar-refractivity contribution is 5.67. The number of nitrogens with zero attached hydrogens (tertiary/aromatic N) is 3. The third-order valence-corrected chi connectivity index (χ3v) is 1.88. The van der Waals surface area contributed by atoms with Crippen molar-refractivity contribution in [3.8, 4) is 22.9 Å². The van der Waals surface area contributed by atoms with Crippen LogP contribution in [0.4, 0.5) is 0 Å². The summed E-state index contributed by atoms with van der Waals surface area (Å²) in [5.41, 5.74) is 1.11. The molecular weight excluding hydrogens is 200 g/mol. The van der Waals surface area contributed by atoms with Crippen molar-refractivity contribution in [3.63, 3.8) is 0 Å². The Bertz CT molecular complexity index is 491. The first-order chi connectivity index (χ1) is 7.45. The molecule has 3 aromatic rings. The van der Waals surface area contributed by atoms with Crippen LogP contribution in [0.3, 0.4) is 0 Å². The summed E-state index contributed by atoms with van der Waals surface area (Å²) in [4.78, 5) is 0. The van der Waals surface area contributed by atoms with Crippen molar-refractivity contribution in [2.75, 3.05) is 0 Å². The molecule has 0 fully saturated rings. The Morgan fingerprint density at radius 1 is 1.20 bits per heavy atom. The summed E-state index contributed by atoms with van der Waals surface area (Å²) in [5, 5.41) is 13.6. The minimum absolute atomic E-state index is 0.445. The number of aromatic nitrogens is 4. The molecule has 0 unspecified atom stereocenters. The highest BCUT2D eigenvalue weighted by Gasteiger charge is 2.25. The summed E-state index contributed by atoms with van der Waals surface area (Å²) in [5.74, 6) is 0.967. The maximum Gasteiger partial charge on any atom is 0.325 e. The Labute approximate surface area is 82.6 Å². The second-order valence-electron chi connectivity index (χ2n) is 2.76. The molecule has 0 saturated heterocycles. The quantitative estimate of drug-likeness (QED) is 0.614. The van der Waals surface area contributed by atoms with Gasteiger partial charge in [0.1, 0.15) is 6.26 Å². The van der Waals surface area contributed by atoms with Crippen molar-refractivity contribution in [2.24, 2.45) is 0 Å². The van der Waals surface area contributed by atoms with Crippen LogP contribution in [0, 0.1) is 0 Å². The van der Waals surface area contributed by atoms with Crippen molar-refractivity contribution in [3.05, 3.63) is 24.6 Å². The molecule has 0 bridgehead atoms. The van der Waals surface area contributed by atoms with Gasteiger partial charge in [0.2, 0.25) is 5.76 Å². The Balaban J connectivity index is 2.15. The molecule has 0 saturated carbocycles. The van der Waals surface area contributed by atoms with Gasteiger partial charge in [0, 0.05) is 12.1 Å². The first-order valence-corrected chi connectivity index (χ1v) is 4.14. The van der Waals surface area contributed by atoms with Crippen LogP contribution in [0.25, 0.3) is 22.9 Å². The number of nitrogens with one attached hydrogen (secondary N) is 1. The summed E-state index contributed by atoms with van der Waals surface area (Å²) < 4.78 is 14.7. The van der Waals surface area contributed by atoms with Crippen LogP contribution in [0.15, 0.2) is 38.2 Å². The maximum absolute atomic E-state index is 5.02. The van der Waals surface area contributed by atoms with Gasteiger partial charge in [-0.2, -0.15) is 0 Å². The van der Waals surface area contributed by atoms with E-state index in [1.807, 2.05) is 0 Å². The Hall–Kier alpha value is -2.44. The van der Waals surface area contributed by atoms with Gasteiger partial charge in [-0.05, 0) is 0 Å². The number of aromatic amines is 1. The molecule has 0 atom stereocenters. The van der Waals surface area contributed by atoms with E-state index < -0.39 is 0 Å². The summed E-state index contributed by atoms with van der Waals surface area (Å²) in [6.07, 6.45) is 2.98. The maximum atomic E-state index is 5.02. The second kappa shape index (κ2) is 3.05. The molecule has 0 aliphatic carbocycles. The lowest BCUT2D eigenvalue weighted by Gasteiger charge is -1.83. The van der Waals surface area contributed by atoms with Gasteiger partial charge in [0.15, 0.2) is 11.0 Å². The summed E-state index contributed by atoms with van der Waals surface area (Å²) in [6, 6.07) is 3.35. The van der Waals surface area contributed by atoms with Gasteiger partial charge in [-0.1, -0.05) is 15.4 Å². The average Bonchev–Trinajstić information content (AvgIpc) is 3.01. The number of hydrogen-bond acceptors (Lipinski definition) is 6. The van der Waals surface area contributed by atoms with Gasteiger partial charge in [-0.3, -0.25) is 4.52 Å². The zero-order valence-electron chi connectivity index (χ0n) is 7.38. The fraction of sp³-hybridized carbons (Fsp3) is 0. The van der Waals surface area contributed by atoms with Crippen molar-refractivity contribution in [1.82, 2.24) is 15.6 Å². The number of hydrogen-bond donors (Lipinski definition) is 0. The van der Waals surface area contributed by atoms with E-state index in [9.17, 15) is 0 Å². The molecule has 15 heavy (non-hydrogen) atoms.